The summed E-state index contributed by atoms with van der Waals surface area (Å²) in [6.45, 7) is 1.96. The Morgan fingerprint density at radius 2 is 1.67 bits per heavy atom. The zero-order valence-corrected chi connectivity index (χ0v) is 11.0. The van der Waals surface area contributed by atoms with E-state index in [-0.39, 0.29) is 5.43 Å². The molecule has 0 radical (unpaired) electrons. The summed E-state index contributed by atoms with van der Waals surface area (Å²) in [5.74, 6) is 0. The molecule has 0 atom stereocenters. The van der Waals surface area contributed by atoms with Crippen LogP contribution in [0.2, 0.25) is 0 Å². The Bertz CT molecular complexity index is 803. The molecule has 3 rings (SSSR count). The number of hydrogen-bond acceptors (Lipinski definition) is 3. The quantitative estimate of drug-likeness (QED) is 0.487. The van der Waals surface area contributed by atoms with Crippen molar-refractivity contribution >= 4 is 33.7 Å². The number of thioether (sulfide) groups is 1. The van der Waals surface area contributed by atoms with Crippen LogP contribution in [0.15, 0.2) is 50.5 Å². The third kappa shape index (κ3) is 1.55. The van der Waals surface area contributed by atoms with E-state index in [1.54, 1.807) is 11.8 Å². The van der Waals surface area contributed by atoms with Crippen LogP contribution in [0, 0.1) is 6.92 Å². The number of rotatable bonds is 1. The summed E-state index contributed by atoms with van der Waals surface area (Å²) >= 11 is 1.59. The number of fused-ring (bicyclic) bond motifs is 2. The van der Waals surface area contributed by atoms with Crippen molar-refractivity contribution in [3.63, 3.8) is 0 Å². The predicted molar refractivity (Wildman–Crippen MR) is 76.5 cm³/mol. The van der Waals surface area contributed by atoms with Crippen LogP contribution in [0.25, 0.3) is 21.9 Å². The van der Waals surface area contributed by atoms with E-state index in [4.69, 9.17) is 4.42 Å². The minimum absolute atomic E-state index is 0.0471. The minimum atomic E-state index is 0.0471. The van der Waals surface area contributed by atoms with E-state index in [0.29, 0.717) is 21.9 Å². The Morgan fingerprint density at radius 3 is 2.39 bits per heavy atom. The molecule has 3 heteroatoms. The SMILES string of the molecule is CSc1cccc2c(=O)c3cccc(C)c3oc12. The fourth-order valence-corrected chi connectivity index (χ4v) is 2.73. The summed E-state index contributed by atoms with van der Waals surface area (Å²) in [6.07, 6.45) is 1.98. The van der Waals surface area contributed by atoms with E-state index >= 15 is 0 Å². The molecular weight excluding hydrogens is 244 g/mol. The maximum atomic E-state index is 12.4. The lowest BCUT2D eigenvalue weighted by Crippen LogP contribution is -2.03. The average Bonchev–Trinajstić information content (AvgIpc) is 2.40. The van der Waals surface area contributed by atoms with Gasteiger partial charge in [0.2, 0.25) is 5.43 Å². The van der Waals surface area contributed by atoms with E-state index in [9.17, 15) is 4.79 Å². The van der Waals surface area contributed by atoms with Gasteiger partial charge in [-0.1, -0.05) is 18.2 Å². The fourth-order valence-electron chi connectivity index (χ4n) is 2.17. The van der Waals surface area contributed by atoms with Crippen molar-refractivity contribution in [2.24, 2.45) is 0 Å². The summed E-state index contributed by atoms with van der Waals surface area (Å²) in [5.41, 5.74) is 2.42. The number of hydrogen-bond donors (Lipinski definition) is 0. The molecule has 0 fully saturated rings. The van der Waals surface area contributed by atoms with Crippen molar-refractivity contribution < 1.29 is 4.42 Å². The van der Waals surface area contributed by atoms with Gasteiger partial charge in [-0.15, -0.1) is 11.8 Å². The largest absolute Gasteiger partial charge is 0.454 e. The van der Waals surface area contributed by atoms with Gasteiger partial charge >= 0.3 is 0 Å². The number of aryl methyl sites for hydroxylation is 1. The van der Waals surface area contributed by atoms with Gasteiger partial charge in [-0.3, -0.25) is 4.79 Å². The molecule has 1 aromatic heterocycles. The van der Waals surface area contributed by atoms with Crippen LogP contribution in [0.5, 0.6) is 0 Å². The van der Waals surface area contributed by atoms with Gasteiger partial charge < -0.3 is 4.42 Å². The molecular formula is C15H12O2S. The minimum Gasteiger partial charge on any atom is -0.454 e. The smallest absolute Gasteiger partial charge is 0.200 e. The molecule has 1 heterocycles. The lowest BCUT2D eigenvalue weighted by atomic mass is 10.1. The molecule has 90 valence electrons. The van der Waals surface area contributed by atoms with Gasteiger partial charge in [0.15, 0.2) is 5.58 Å². The van der Waals surface area contributed by atoms with Gasteiger partial charge in [0.25, 0.3) is 0 Å². The number of benzene rings is 2. The standard InChI is InChI=1S/C15H12O2S/c1-9-5-3-6-10-13(16)11-7-4-8-12(18-2)15(11)17-14(9)10/h3-8H,1-2H3. The molecule has 2 aromatic carbocycles. The molecule has 2 nitrogen and oxygen atoms in total. The van der Waals surface area contributed by atoms with E-state index in [1.807, 2.05) is 49.6 Å². The first-order chi connectivity index (χ1) is 8.72. The predicted octanol–water partition coefficient (Wildman–Crippen LogP) is 3.98. The van der Waals surface area contributed by atoms with Gasteiger partial charge in [-0.2, -0.15) is 0 Å². The first-order valence-electron chi connectivity index (χ1n) is 5.71. The average molecular weight is 256 g/mol. The van der Waals surface area contributed by atoms with Crippen molar-refractivity contribution in [1.82, 2.24) is 0 Å². The zero-order valence-electron chi connectivity index (χ0n) is 10.2. The van der Waals surface area contributed by atoms with Crippen LogP contribution in [-0.4, -0.2) is 6.26 Å². The highest BCUT2D eigenvalue weighted by Gasteiger charge is 2.11. The molecule has 0 aliphatic rings. The fraction of sp³-hybridized carbons (Fsp3) is 0.133. The Balaban J connectivity index is 2.61. The van der Waals surface area contributed by atoms with Gasteiger partial charge in [-0.25, -0.2) is 0 Å². The van der Waals surface area contributed by atoms with Crippen molar-refractivity contribution in [2.45, 2.75) is 11.8 Å². The second-order valence-corrected chi connectivity index (χ2v) is 5.07. The lowest BCUT2D eigenvalue weighted by Gasteiger charge is -2.06. The van der Waals surface area contributed by atoms with Crippen LogP contribution >= 0.6 is 11.8 Å². The van der Waals surface area contributed by atoms with Gasteiger partial charge in [-0.05, 0) is 36.9 Å². The first kappa shape index (κ1) is 11.4. The molecule has 0 aliphatic carbocycles. The number of para-hydroxylation sites is 2. The Kier molecular flexibility index (Phi) is 2.63. The second kappa shape index (κ2) is 4.18. The molecule has 0 N–H and O–H groups in total. The first-order valence-corrected chi connectivity index (χ1v) is 6.94. The topological polar surface area (TPSA) is 30.2 Å². The molecule has 0 saturated heterocycles. The highest BCUT2D eigenvalue weighted by atomic mass is 32.2. The Hall–Kier alpha value is -1.74. The Morgan fingerprint density at radius 1 is 1.00 bits per heavy atom. The van der Waals surface area contributed by atoms with Gasteiger partial charge in [0.05, 0.1) is 15.7 Å². The third-order valence-corrected chi connectivity index (χ3v) is 3.87. The van der Waals surface area contributed by atoms with Crippen LogP contribution in [0.3, 0.4) is 0 Å². The molecule has 0 bridgehead atoms. The van der Waals surface area contributed by atoms with Crippen molar-refractivity contribution in [2.75, 3.05) is 6.26 Å². The molecule has 0 spiro atoms. The molecule has 0 saturated carbocycles. The normalized spacial score (nSPS) is 11.2. The summed E-state index contributed by atoms with van der Waals surface area (Å²) in [4.78, 5) is 13.4. The monoisotopic (exact) mass is 256 g/mol. The lowest BCUT2D eigenvalue weighted by molar-refractivity contribution is 0.648. The van der Waals surface area contributed by atoms with Crippen molar-refractivity contribution in [3.05, 3.63) is 52.2 Å². The molecule has 0 amide bonds. The second-order valence-electron chi connectivity index (χ2n) is 4.22. The van der Waals surface area contributed by atoms with E-state index in [2.05, 4.69) is 0 Å². The molecule has 18 heavy (non-hydrogen) atoms. The van der Waals surface area contributed by atoms with Crippen LogP contribution in [0.4, 0.5) is 0 Å². The maximum Gasteiger partial charge on any atom is 0.200 e. The highest BCUT2D eigenvalue weighted by Crippen LogP contribution is 2.28. The Labute approximate surface area is 109 Å². The van der Waals surface area contributed by atoms with Crippen molar-refractivity contribution in [1.29, 1.82) is 0 Å². The molecule has 0 aliphatic heterocycles. The summed E-state index contributed by atoms with van der Waals surface area (Å²) < 4.78 is 5.96. The van der Waals surface area contributed by atoms with E-state index < -0.39 is 0 Å². The highest BCUT2D eigenvalue weighted by molar-refractivity contribution is 7.98. The van der Waals surface area contributed by atoms with E-state index in [1.165, 1.54) is 0 Å². The molecule has 0 unspecified atom stereocenters. The van der Waals surface area contributed by atoms with Crippen molar-refractivity contribution in [3.8, 4) is 0 Å². The van der Waals surface area contributed by atoms with Crippen LogP contribution < -0.4 is 5.43 Å². The summed E-state index contributed by atoms with van der Waals surface area (Å²) in [6, 6.07) is 11.4. The van der Waals surface area contributed by atoms with Gasteiger partial charge in [0, 0.05) is 0 Å². The summed E-state index contributed by atoms with van der Waals surface area (Å²) in [7, 11) is 0. The maximum absolute atomic E-state index is 12.4. The third-order valence-electron chi connectivity index (χ3n) is 3.10. The molecule has 3 aromatic rings. The summed E-state index contributed by atoms with van der Waals surface area (Å²) in [5, 5.41) is 1.31. The van der Waals surface area contributed by atoms with Crippen LogP contribution in [-0.2, 0) is 0 Å². The zero-order chi connectivity index (χ0) is 12.7. The van der Waals surface area contributed by atoms with Crippen LogP contribution in [0.1, 0.15) is 5.56 Å². The van der Waals surface area contributed by atoms with Gasteiger partial charge in [0.1, 0.15) is 5.58 Å². The van der Waals surface area contributed by atoms with E-state index in [0.717, 1.165) is 10.5 Å².